The topological polar surface area (TPSA) is 74.5 Å². The summed E-state index contributed by atoms with van der Waals surface area (Å²) in [5, 5.41) is 9.11. The Morgan fingerprint density at radius 2 is 1.94 bits per heavy atom. The van der Waals surface area contributed by atoms with Crippen molar-refractivity contribution in [1.82, 2.24) is 29.4 Å². The van der Waals surface area contributed by atoms with E-state index in [1.165, 1.54) is 17.1 Å². The lowest BCUT2D eigenvalue weighted by atomic mass is 10.2. The van der Waals surface area contributed by atoms with E-state index in [4.69, 9.17) is 0 Å². The molecule has 0 aliphatic carbocycles. The molecule has 3 heterocycles. The van der Waals surface area contributed by atoms with Gasteiger partial charge in [0.1, 0.15) is 5.82 Å². The molecule has 0 spiro atoms. The highest BCUT2D eigenvalue weighted by atomic mass is 127. The molecule has 166 valence electrons. The maximum absolute atomic E-state index is 4.62. The van der Waals surface area contributed by atoms with Crippen LogP contribution in [0.25, 0.3) is 5.69 Å². The Bertz CT molecular complexity index is 1010. The van der Waals surface area contributed by atoms with Gasteiger partial charge in [-0.1, -0.05) is 25.1 Å². The largest absolute Gasteiger partial charge is 0.352 e. The lowest BCUT2D eigenvalue weighted by molar-refractivity contribution is 0.372. The molecule has 8 nitrogen and oxygen atoms in total. The molecule has 10 heteroatoms. The first kappa shape index (κ1) is 23.5. The van der Waals surface area contributed by atoms with Crippen molar-refractivity contribution in [2.45, 2.75) is 26.8 Å². The van der Waals surface area contributed by atoms with E-state index >= 15 is 0 Å². The lowest BCUT2D eigenvalue weighted by Crippen LogP contribution is -2.52. The molecular formula is C21H29IN8S. The van der Waals surface area contributed by atoms with Crippen molar-refractivity contribution < 1.29 is 0 Å². The second kappa shape index (κ2) is 10.9. The number of piperazine rings is 1. The Hall–Kier alpha value is -2.21. The fraction of sp³-hybridized carbons (Fsp3) is 0.429. The van der Waals surface area contributed by atoms with E-state index in [-0.39, 0.29) is 24.0 Å². The highest BCUT2D eigenvalue weighted by Gasteiger charge is 2.22. The minimum absolute atomic E-state index is 0. The average Bonchev–Trinajstić information content (AvgIpc) is 3.44. The van der Waals surface area contributed by atoms with E-state index in [9.17, 15) is 0 Å². The highest BCUT2D eigenvalue weighted by Crippen LogP contribution is 2.19. The van der Waals surface area contributed by atoms with Gasteiger partial charge in [-0.3, -0.25) is 4.99 Å². The van der Waals surface area contributed by atoms with Crippen LogP contribution in [0.4, 0.5) is 5.13 Å². The van der Waals surface area contributed by atoms with E-state index in [1.807, 2.05) is 37.0 Å². The molecule has 0 bridgehead atoms. The fourth-order valence-electron chi connectivity index (χ4n) is 3.57. The number of aromatic nitrogens is 4. The predicted molar refractivity (Wildman–Crippen MR) is 137 cm³/mol. The predicted octanol–water partition coefficient (Wildman–Crippen LogP) is 3.11. The first-order chi connectivity index (χ1) is 14.7. The van der Waals surface area contributed by atoms with Gasteiger partial charge in [0, 0.05) is 63.9 Å². The molecule has 0 atom stereocenters. The Kier molecular flexibility index (Phi) is 8.24. The molecule has 1 aliphatic heterocycles. The Morgan fingerprint density at radius 3 is 2.58 bits per heavy atom. The molecule has 4 rings (SSSR count). The quantitative estimate of drug-likeness (QED) is 0.298. The summed E-state index contributed by atoms with van der Waals surface area (Å²) in [6, 6.07) is 10.3. The summed E-state index contributed by atoms with van der Waals surface area (Å²) in [5.74, 6) is 1.86. The van der Waals surface area contributed by atoms with Gasteiger partial charge < -0.3 is 15.1 Å². The number of hydrogen-bond acceptors (Lipinski definition) is 6. The molecule has 0 radical (unpaired) electrons. The molecule has 1 saturated heterocycles. The van der Waals surface area contributed by atoms with Crippen molar-refractivity contribution in [3.8, 4) is 5.69 Å². The van der Waals surface area contributed by atoms with Crippen molar-refractivity contribution >= 4 is 46.6 Å². The van der Waals surface area contributed by atoms with Crippen LogP contribution in [0.2, 0.25) is 0 Å². The summed E-state index contributed by atoms with van der Waals surface area (Å²) in [6.45, 7) is 8.43. The number of aryl methyl sites for hydroxylation is 2. The smallest absolute Gasteiger partial charge is 0.205 e. The molecule has 2 aromatic heterocycles. The zero-order valence-corrected chi connectivity index (χ0v) is 21.3. The molecule has 31 heavy (non-hydrogen) atoms. The zero-order chi connectivity index (χ0) is 20.9. The summed E-state index contributed by atoms with van der Waals surface area (Å²) in [5.41, 5.74) is 3.27. The van der Waals surface area contributed by atoms with Crippen LogP contribution in [0.3, 0.4) is 0 Å². The Labute approximate surface area is 204 Å². The number of rotatable bonds is 5. The summed E-state index contributed by atoms with van der Waals surface area (Å²) in [4.78, 5) is 13.8. The molecule has 1 fully saturated rings. The number of aliphatic imine (C=N–C) groups is 1. The van der Waals surface area contributed by atoms with Gasteiger partial charge >= 0.3 is 0 Å². The number of anilines is 1. The molecule has 0 unspecified atom stereocenters. The Morgan fingerprint density at radius 1 is 1.16 bits per heavy atom. The van der Waals surface area contributed by atoms with Gasteiger partial charge in [-0.25, -0.2) is 9.67 Å². The SMILES string of the molecule is CCc1nsc(N2CCN(C(=NC)NCc3ccccc3-n3ccc(C)n3)CC2)n1.I. The van der Waals surface area contributed by atoms with Gasteiger partial charge in [0.25, 0.3) is 0 Å². The van der Waals surface area contributed by atoms with Gasteiger partial charge in [-0.05, 0) is 24.6 Å². The van der Waals surface area contributed by atoms with Gasteiger partial charge in [-0.2, -0.15) is 9.47 Å². The fourth-order valence-corrected chi connectivity index (χ4v) is 4.37. The molecule has 1 aromatic carbocycles. The molecule has 3 aromatic rings. The number of halogens is 1. The number of guanidine groups is 1. The van der Waals surface area contributed by atoms with Crippen LogP contribution in [-0.4, -0.2) is 63.2 Å². The summed E-state index contributed by atoms with van der Waals surface area (Å²) >= 11 is 1.50. The van der Waals surface area contributed by atoms with E-state index < -0.39 is 0 Å². The summed E-state index contributed by atoms with van der Waals surface area (Å²) in [6.07, 6.45) is 2.88. The maximum atomic E-state index is 4.62. The standard InChI is InChI=1S/C21H28N8S.HI/c1-4-19-24-21(30-26-19)28-13-11-27(12-14-28)20(22-3)23-15-17-7-5-6-8-18(17)29-10-9-16(2)25-29;/h5-10H,4,11-15H2,1-3H3,(H,22,23);1H. The third-order valence-electron chi connectivity index (χ3n) is 5.23. The molecule has 1 N–H and O–H groups in total. The minimum Gasteiger partial charge on any atom is -0.352 e. The number of para-hydroxylation sites is 1. The van der Waals surface area contributed by atoms with Crippen molar-refractivity contribution in [3.05, 3.63) is 53.6 Å². The number of hydrogen-bond donors (Lipinski definition) is 1. The highest BCUT2D eigenvalue weighted by molar-refractivity contribution is 14.0. The van der Waals surface area contributed by atoms with Crippen LogP contribution in [0.1, 0.15) is 24.0 Å². The van der Waals surface area contributed by atoms with Gasteiger partial charge in [-0.15, -0.1) is 24.0 Å². The normalized spacial score (nSPS) is 14.5. The number of nitrogens with zero attached hydrogens (tertiary/aromatic N) is 7. The first-order valence-corrected chi connectivity index (χ1v) is 11.1. The van der Waals surface area contributed by atoms with Crippen LogP contribution >= 0.6 is 35.5 Å². The second-order valence-corrected chi connectivity index (χ2v) is 7.98. The number of nitrogens with one attached hydrogen (secondary N) is 1. The number of benzene rings is 1. The van der Waals surface area contributed by atoms with Crippen molar-refractivity contribution in [2.24, 2.45) is 4.99 Å². The molecule has 1 aliphatic rings. The van der Waals surface area contributed by atoms with E-state index in [0.29, 0.717) is 6.54 Å². The van der Waals surface area contributed by atoms with Crippen LogP contribution in [0, 0.1) is 6.92 Å². The summed E-state index contributed by atoms with van der Waals surface area (Å²) in [7, 11) is 1.84. The third-order valence-corrected chi connectivity index (χ3v) is 6.05. The zero-order valence-electron chi connectivity index (χ0n) is 18.2. The van der Waals surface area contributed by atoms with Crippen molar-refractivity contribution in [3.63, 3.8) is 0 Å². The van der Waals surface area contributed by atoms with Crippen LogP contribution < -0.4 is 10.2 Å². The second-order valence-electron chi connectivity index (χ2n) is 7.25. The van der Waals surface area contributed by atoms with Gasteiger partial charge in [0.15, 0.2) is 5.96 Å². The maximum Gasteiger partial charge on any atom is 0.205 e. The molecular weight excluding hydrogens is 523 g/mol. The average molecular weight is 552 g/mol. The summed E-state index contributed by atoms with van der Waals surface area (Å²) < 4.78 is 6.34. The third kappa shape index (κ3) is 5.53. The lowest BCUT2D eigenvalue weighted by Gasteiger charge is -2.36. The van der Waals surface area contributed by atoms with E-state index in [0.717, 1.165) is 60.9 Å². The molecule has 0 saturated carbocycles. The van der Waals surface area contributed by atoms with Gasteiger partial charge in [0.2, 0.25) is 5.13 Å². The van der Waals surface area contributed by atoms with Crippen LogP contribution in [0.5, 0.6) is 0 Å². The van der Waals surface area contributed by atoms with E-state index in [1.54, 1.807) is 0 Å². The van der Waals surface area contributed by atoms with Gasteiger partial charge in [0.05, 0.1) is 11.4 Å². The van der Waals surface area contributed by atoms with Crippen LogP contribution in [0.15, 0.2) is 41.5 Å². The molecule has 0 amide bonds. The van der Waals surface area contributed by atoms with Crippen molar-refractivity contribution in [1.29, 1.82) is 0 Å². The minimum atomic E-state index is 0. The monoisotopic (exact) mass is 552 g/mol. The van der Waals surface area contributed by atoms with Crippen molar-refractivity contribution in [2.75, 3.05) is 38.1 Å². The van der Waals surface area contributed by atoms with Crippen LogP contribution in [-0.2, 0) is 13.0 Å². The first-order valence-electron chi connectivity index (χ1n) is 10.3. The van der Waals surface area contributed by atoms with E-state index in [2.05, 4.69) is 59.7 Å². The Balaban J connectivity index is 0.00000272.